The highest BCUT2D eigenvalue weighted by Crippen LogP contribution is 2.32. The number of carbonyl (C=O) groups excluding carboxylic acids is 2. The molecule has 0 unspecified atom stereocenters. The number of nitrogens with one attached hydrogen (secondary N) is 2. The molecule has 1 aromatic heterocycles. The molecule has 0 saturated carbocycles. The summed E-state index contributed by atoms with van der Waals surface area (Å²) in [6.45, 7) is 6.07. The molecular formula is C25H29N3O5S2Si. The molecule has 8 nitrogen and oxygen atoms in total. The monoisotopic (exact) mass is 543 g/mol. The van der Waals surface area contributed by atoms with Gasteiger partial charge in [-0.2, -0.15) is 4.31 Å². The molecular weight excluding hydrogens is 515 g/mol. The molecule has 190 valence electrons. The van der Waals surface area contributed by atoms with Crippen LogP contribution in [0.15, 0.2) is 70.3 Å². The summed E-state index contributed by atoms with van der Waals surface area (Å²) in [6, 6.07) is 17.0. The lowest BCUT2D eigenvalue weighted by Gasteiger charge is -2.35. The molecule has 11 heteroatoms. The third kappa shape index (κ3) is 6.10. The second-order valence-corrected chi connectivity index (χ2v) is 17.0. The average molecular weight is 544 g/mol. The van der Waals surface area contributed by atoms with Gasteiger partial charge in [-0.3, -0.25) is 9.59 Å². The standard InChI is InChI=1S/C25H29N3O5S2Si/c1-36(2,3)33-27-25(30)22-14-20-11-7-8-12-21(20)16-28(22)35(31,32)23-13-18(17-34-23)15-26-24(29)19-9-5-4-6-10-19/h4-13,17,22H,14-16H2,1-3H3,(H,26,29)(H,27,30)/t22-/m1/s1. The van der Waals surface area contributed by atoms with Crippen molar-refractivity contribution in [2.45, 2.75) is 49.4 Å². The van der Waals surface area contributed by atoms with Gasteiger partial charge >= 0.3 is 0 Å². The second-order valence-electron chi connectivity index (χ2n) is 9.54. The third-order valence-corrected chi connectivity index (χ3v) is 9.68. The minimum Gasteiger partial charge on any atom is -0.348 e. The van der Waals surface area contributed by atoms with Crippen molar-refractivity contribution in [2.75, 3.05) is 0 Å². The first-order valence-corrected chi connectivity index (χ1v) is 17.2. The number of thiophene rings is 1. The lowest BCUT2D eigenvalue weighted by atomic mass is 9.95. The number of benzene rings is 2. The summed E-state index contributed by atoms with van der Waals surface area (Å²) in [5.74, 6) is -0.722. The first-order valence-electron chi connectivity index (χ1n) is 11.5. The van der Waals surface area contributed by atoms with Gasteiger partial charge in [-0.15, -0.1) is 11.3 Å². The number of fused-ring (bicyclic) bond motifs is 1. The summed E-state index contributed by atoms with van der Waals surface area (Å²) < 4.78 is 34.4. The number of rotatable bonds is 8. The van der Waals surface area contributed by atoms with Gasteiger partial charge in [0.05, 0.1) is 0 Å². The number of amides is 2. The fraction of sp³-hybridized carbons (Fsp3) is 0.280. The molecule has 1 atom stereocenters. The maximum Gasteiger partial charge on any atom is 0.261 e. The maximum atomic E-state index is 13.7. The van der Waals surface area contributed by atoms with E-state index in [-0.39, 0.29) is 29.6 Å². The van der Waals surface area contributed by atoms with Crippen LogP contribution in [0.3, 0.4) is 0 Å². The summed E-state index contributed by atoms with van der Waals surface area (Å²) in [4.78, 5) is 25.4. The van der Waals surface area contributed by atoms with Crippen LogP contribution in [-0.2, 0) is 38.9 Å². The van der Waals surface area contributed by atoms with Crippen molar-refractivity contribution >= 4 is 41.5 Å². The van der Waals surface area contributed by atoms with Crippen molar-refractivity contribution in [3.63, 3.8) is 0 Å². The Morgan fingerprint density at radius 1 is 1.06 bits per heavy atom. The van der Waals surface area contributed by atoms with Crippen LogP contribution < -0.4 is 10.8 Å². The molecule has 2 N–H and O–H groups in total. The van der Waals surface area contributed by atoms with Crippen LogP contribution in [0, 0.1) is 0 Å². The number of hydroxylamine groups is 1. The van der Waals surface area contributed by atoms with Crippen LogP contribution in [0.5, 0.6) is 0 Å². The van der Waals surface area contributed by atoms with Crippen molar-refractivity contribution in [1.29, 1.82) is 0 Å². The lowest BCUT2D eigenvalue weighted by molar-refractivity contribution is -0.132. The van der Waals surface area contributed by atoms with Crippen molar-refractivity contribution in [3.05, 3.63) is 88.3 Å². The van der Waals surface area contributed by atoms with E-state index in [0.29, 0.717) is 11.1 Å². The molecule has 1 aliphatic rings. The molecule has 4 rings (SSSR count). The van der Waals surface area contributed by atoms with Crippen molar-refractivity contribution in [3.8, 4) is 0 Å². The molecule has 0 radical (unpaired) electrons. The Morgan fingerprint density at radius 2 is 1.72 bits per heavy atom. The van der Waals surface area contributed by atoms with E-state index in [1.807, 2.05) is 50.0 Å². The minimum absolute atomic E-state index is 0.0848. The molecule has 1 aliphatic heterocycles. The van der Waals surface area contributed by atoms with E-state index >= 15 is 0 Å². The first kappa shape index (κ1) is 26.2. The smallest absolute Gasteiger partial charge is 0.261 e. The van der Waals surface area contributed by atoms with Crippen molar-refractivity contribution in [2.24, 2.45) is 0 Å². The van der Waals surface area contributed by atoms with E-state index in [1.165, 1.54) is 4.31 Å². The maximum absolute atomic E-state index is 13.7. The van der Waals surface area contributed by atoms with Crippen LogP contribution >= 0.6 is 11.3 Å². The van der Waals surface area contributed by atoms with Gasteiger partial charge in [-0.25, -0.2) is 13.9 Å². The number of sulfonamides is 1. The predicted octanol–water partition coefficient (Wildman–Crippen LogP) is 3.68. The first-order chi connectivity index (χ1) is 17.0. The molecule has 3 aromatic rings. The zero-order valence-corrected chi connectivity index (χ0v) is 23.0. The van der Waals surface area contributed by atoms with E-state index in [9.17, 15) is 18.0 Å². The quantitative estimate of drug-likeness (QED) is 0.333. The molecule has 2 heterocycles. The highest BCUT2D eigenvalue weighted by molar-refractivity contribution is 7.91. The Hall–Kier alpha value is -2.83. The summed E-state index contributed by atoms with van der Waals surface area (Å²) in [6.07, 6.45) is 0.252. The average Bonchev–Trinajstić information content (AvgIpc) is 3.35. The Morgan fingerprint density at radius 3 is 2.42 bits per heavy atom. The third-order valence-electron chi connectivity index (χ3n) is 5.65. The highest BCUT2D eigenvalue weighted by atomic mass is 32.2. The minimum atomic E-state index is -3.99. The van der Waals surface area contributed by atoms with Gasteiger partial charge in [-0.05, 0) is 66.3 Å². The second kappa shape index (κ2) is 10.6. The van der Waals surface area contributed by atoms with Crippen molar-refractivity contribution in [1.82, 2.24) is 15.1 Å². The van der Waals surface area contributed by atoms with Crippen molar-refractivity contribution < 1.29 is 22.5 Å². The Labute approximate surface area is 216 Å². The van der Waals surface area contributed by atoms with Gasteiger partial charge in [0.1, 0.15) is 10.3 Å². The zero-order chi connectivity index (χ0) is 25.9. The molecule has 0 fully saturated rings. The van der Waals surface area contributed by atoms with Gasteiger partial charge in [0, 0.05) is 18.7 Å². The van der Waals surface area contributed by atoms with Crippen LogP contribution in [0.25, 0.3) is 0 Å². The van der Waals surface area contributed by atoms with E-state index < -0.39 is 30.3 Å². The van der Waals surface area contributed by atoms with Crippen LogP contribution in [0.1, 0.15) is 27.0 Å². The van der Waals surface area contributed by atoms with E-state index in [4.69, 9.17) is 4.53 Å². The van der Waals surface area contributed by atoms with Crippen LogP contribution in [-0.4, -0.2) is 38.9 Å². The normalized spacial score (nSPS) is 16.2. The number of nitrogens with zero attached hydrogens (tertiary/aromatic N) is 1. The van der Waals surface area contributed by atoms with E-state index in [2.05, 4.69) is 10.8 Å². The fourth-order valence-electron chi connectivity index (χ4n) is 3.82. The highest BCUT2D eigenvalue weighted by Gasteiger charge is 2.40. The topological polar surface area (TPSA) is 105 Å². The summed E-state index contributed by atoms with van der Waals surface area (Å²) in [5.41, 5.74) is 5.50. The van der Waals surface area contributed by atoms with Gasteiger partial charge in [0.2, 0.25) is 8.32 Å². The molecule has 36 heavy (non-hydrogen) atoms. The predicted molar refractivity (Wildman–Crippen MR) is 141 cm³/mol. The lowest BCUT2D eigenvalue weighted by Crippen LogP contribution is -2.53. The van der Waals surface area contributed by atoms with Gasteiger partial charge in [0.25, 0.3) is 21.8 Å². The number of carbonyl (C=O) groups is 2. The zero-order valence-electron chi connectivity index (χ0n) is 20.4. The fourth-order valence-corrected chi connectivity index (χ4v) is 7.13. The molecule has 0 bridgehead atoms. The summed E-state index contributed by atoms with van der Waals surface area (Å²) >= 11 is 1.07. The van der Waals surface area contributed by atoms with E-state index in [0.717, 1.165) is 22.5 Å². The number of hydrogen-bond acceptors (Lipinski definition) is 6. The molecule has 0 saturated heterocycles. The largest absolute Gasteiger partial charge is 0.348 e. The number of hydrogen-bond donors (Lipinski definition) is 2. The molecule has 2 aromatic carbocycles. The van der Waals surface area contributed by atoms with Gasteiger partial charge < -0.3 is 9.84 Å². The van der Waals surface area contributed by atoms with Crippen LogP contribution in [0.4, 0.5) is 0 Å². The molecule has 0 aliphatic carbocycles. The summed E-state index contributed by atoms with van der Waals surface area (Å²) in [5, 5.41) is 4.52. The van der Waals surface area contributed by atoms with Crippen LogP contribution in [0.2, 0.25) is 19.6 Å². The Bertz CT molecular complexity index is 1350. The Kier molecular flexibility index (Phi) is 7.76. The molecule has 2 amide bonds. The summed E-state index contributed by atoms with van der Waals surface area (Å²) in [7, 11) is -6.05. The van der Waals surface area contributed by atoms with E-state index in [1.54, 1.807) is 35.7 Å². The van der Waals surface area contributed by atoms with Gasteiger partial charge in [-0.1, -0.05) is 42.5 Å². The molecule has 0 spiro atoms. The Balaban J connectivity index is 1.54. The van der Waals surface area contributed by atoms with Gasteiger partial charge in [0.15, 0.2) is 0 Å². The SMILES string of the molecule is C[Si](C)(C)ONC(=O)[C@H]1Cc2ccccc2CN1S(=O)(=O)c1cc(CNC(=O)c2ccccc2)cs1.